The van der Waals surface area contributed by atoms with Gasteiger partial charge in [0.25, 0.3) is 0 Å². The molecule has 130 valence electrons. The molecule has 0 aromatic carbocycles. The standard InChI is InChI=1S/C18H26N4O2/c1-21(2)18(14-5-3-4-10-20-14)8-6-17(7-9-18)11-16(24)22(13-17)12-15(19)23/h3-5,10H,6-9,11-13H2,1-2H3,(H2,19,23)/t17-,18+. The summed E-state index contributed by atoms with van der Waals surface area (Å²) in [6, 6.07) is 6.07. The highest BCUT2D eigenvalue weighted by Gasteiger charge is 2.50. The third-order valence-electron chi connectivity index (χ3n) is 5.89. The molecule has 0 radical (unpaired) electrons. The van der Waals surface area contributed by atoms with E-state index < -0.39 is 5.91 Å². The lowest BCUT2D eigenvalue weighted by atomic mass is 9.65. The molecular weight excluding hydrogens is 304 g/mol. The van der Waals surface area contributed by atoms with Crippen LogP contribution in [-0.4, -0.2) is 53.8 Å². The number of likely N-dealkylation sites (tertiary alicyclic amines) is 1. The number of carbonyl (C=O) groups excluding carboxylic acids is 2. The maximum Gasteiger partial charge on any atom is 0.237 e. The van der Waals surface area contributed by atoms with Crippen LogP contribution >= 0.6 is 0 Å². The maximum absolute atomic E-state index is 12.2. The summed E-state index contributed by atoms with van der Waals surface area (Å²) in [5.74, 6) is -0.378. The molecule has 1 aromatic heterocycles. The second-order valence-corrected chi connectivity index (χ2v) is 7.53. The molecule has 2 amide bonds. The molecule has 2 N–H and O–H groups in total. The zero-order valence-electron chi connectivity index (χ0n) is 14.5. The van der Waals surface area contributed by atoms with Crippen LogP contribution in [0.4, 0.5) is 0 Å². The highest BCUT2D eigenvalue weighted by Crippen LogP contribution is 2.51. The Bertz CT molecular complexity index is 621. The van der Waals surface area contributed by atoms with Crippen LogP contribution in [0.5, 0.6) is 0 Å². The molecule has 1 spiro atoms. The topological polar surface area (TPSA) is 79.5 Å². The van der Waals surface area contributed by atoms with E-state index in [1.807, 2.05) is 18.3 Å². The number of amides is 2. The summed E-state index contributed by atoms with van der Waals surface area (Å²) in [7, 11) is 4.21. The number of rotatable bonds is 4. The van der Waals surface area contributed by atoms with Crippen LogP contribution in [0.1, 0.15) is 37.8 Å². The number of hydrogen-bond donors (Lipinski definition) is 1. The summed E-state index contributed by atoms with van der Waals surface area (Å²) in [6.07, 6.45) is 6.24. The van der Waals surface area contributed by atoms with Gasteiger partial charge < -0.3 is 10.6 Å². The van der Waals surface area contributed by atoms with Crippen molar-refractivity contribution in [1.82, 2.24) is 14.8 Å². The number of primary amides is 1. The molecule has 1 aliphatic carbocycles. The molecule has 3 rings (SSSR count). The molecule has 0 bridgehead atoms. The molecule has 2 heterocycles. The minimum absolute atomic E-state index is 0.0131. The van der Waals surface area contributed by atoms with E-state index >= 15 is 0 Å². The van der Waals surface area contributed by atoms with Crippen molar-refractivity contribution in [3.63, 3.8) is 0 Å². The minimum atomic E-state index is -0.438. The molecule has 1 aromatic rings. The third kappa shape index (κ3) is 2.90. The minimum Gasteiger partial charge on any atom is -0.368 e. The molecule has 6 nitrogen and oxygen atoms in total. The summed E-state index contributed by atoms with van der Waals surface area (Å²) < 4.78 is 0. The molecule has 1 aliphatic heterocycles. The van der Waals surface area contributed by atoms with E-state index in [-0.39, 0.29) is 23.4 Å². The average molecular weight is 330 g/mol. The summed E-state index contributed by atoms with van der Waals surface area (Å²) in [5, 5.41) is 0. The van der Waals surface area contributed by atoms with E-state index in [0.717, 1.165) is 31.4 Å². The van der Waals surface area contributed by atoms with Gasteiger partial charge in [0.2, 0.25) is 11.8 Å². The number of carbonyl (C=O) groups is 2. The fraction of sp³-hybridized carbons (Fsp3) is 0.611. The predicted octanol–water partition coefficient (Wildman–Crippen LogP) is 1.12. The highest BCUT2D eigenvalue weighted by atomic mass is 16.2. The SMILES string of the molecule is CN(C)[C@]1(c2ccccn2)CC[C@]2(CC1)CC(=O)N(CC(N)=O)C2. The van der Waals surface area contributed by atoms with Gasteiger partial charge in [-0.3, -0.25) is 19.5 Å². The van der Waals surface area contributed by atoms with Crippen molar-refractivity contribution >= 4 is 11.8 Å². The Labute approximate surface area is 143 Å². The first-order valence-electron chi connectivity index (χ1n) is 8.52. The first-order valence-corrected chi connectivity index (χ1v) is 8.52. The van der Waals surface area contributed by atoms with Crippen molar-refractivity contribution < 1.29 is 9.59 Å². The van der Waals surface area contributed by atoms with Gasteiger partial charge in [0.1, 0.15) is 0 Å². The van der Waals surface area contributed by atoms with Crippen LogP contribution < -0.4 is 5.73 Å². The van der Waals surface area contributed by atoms with Crippen molar-refractivity contribution in [1.29, 1.82) is 0 Å². The van der Waals surface area contributed by atoms with Crippen molar-refractivity contribution in [3.05, 3.63) is 30.1 Å². The van der Waals surface area contributed by atoms with Gasteiger partial charge in [0.05, 0.1) is 17.8 Å². The molecule has 24 heavy (non-hydrogen) atoms. The van der Waals surface area contributed by atoms with Crippen LogP contribution in [0.25, 0.3) is 0 Å². The summed E-state index contributed by atoms with van der Waals surface area (Å²) in [4.78, 5) is 31.9. The first kappa shape index (κ1) is 16.9. The summed E-state index contributed by atoms with van der Waals surface area (Å²) in [6.45, 7) is 0.695. The van der Waals surface area contributed by atoms with Gasteiger partial charge >= 0.3 is 0 Å². The Hall–Kier alpha value is -1.95. The van der Waals surface area contributed by atoms with E-state index in [1.54, 1.807) is 4.90 Å². The van der Waals surface area contributed by atoms with Gasteiger partial charge in [-0.25, -0.2) is 0 Å². The Balaban J connectivity index is 1.77. The van der Waals surface area contributed by atoms with Crippen LogP contribution in [0.3, 0.4) is 0 Å². The number of aromatic nitrogens is 1. The Morgan fingerprint density at radius 1 is 1.29 bits per heavy atom. The number of pyridine rings is 1. The fourth-order valence-electron chi connectivity index (χ4n) is 4.41. The van der Waals surface area contributed by atoms with E-state index in [4.69, 9.17) is 5.73 Å². The average Bonchev–Trinajstić information content (AvgIpc) is 2.84. The molecular formula is C18H26N4O2. The van der Waals surface area contributed by atoms with Crippen LogP contribution in [0, 0.1) is 5.41 Å². The Morgan fingerprint density at radius 3 is 2.54 bits per heavy atom. The van der Waals surface area contributed by atoms with E-state index in [2.05, 4.69) is 30.0 Å². The molecule has 1 saturated heterocycles. The lowest BCUT2D eigenvalue weighted by Gasteiger charge is -2.48. The van der Waals surface area contributed by atoms with Crippen LogP contribution in [-0.2, 0) is 15.1 Å². The largest absolute Gasteiger partial charge is 0.368 e. The van der Waals surface area contributed by atoms with Crippen LogP contribution in [0.15, 0.2) is 24.4 Å². The second kappa shape index (κ2) is 6.16. The molecule has 0 atom stereocenters. The number of nitrogens with two attached hydrogens (primary N) is 1. The normalized spacial score (nSPS) is 30.3. The smallest absolute Gasteiger partial charge is 0.237 e. The molecule has 6 heteroatoms. The van der Waals surface area contributed by atoms with Gasteiger partial charge in [-0.05, 0) is 57.3 Å². The van der Waals surface area contributed by atoms with Crippen molar-refractivity contribution in [2.75, 3.05) is 27.2 Å². The van der Waals surface area contributed by atoms with Crippen LogP contribution in [0.2, 0.25) is 0 Å². The number of hydrogen-bond acceptors (Lipinski definition) is 4. The van der Waals surface area contributed by atoms with Crippen molar-refractivity contribution in [3.8, 4) is 0 Å². The van der Waals surface area contributed by atoms with E-state index in [1.165, 1.54) is 0 Å². The van der Waals surface area contributed by atoms with Crippen molar-refractivity contribution in [2.24, 2.45) is 11.1 Å². The zero-order chi connectivity index (χ0) is 17.4. The monoisotopic (exact) mass is 330 g/mol. The lowest BCUT2D eigenvalue weighted by Crippen LogP contribution is -2.48. The summed E-state index contributed by atoms with van der Waals surface area (Å²) >= 11 is 0. The van der Waals surface area contributed by atoms with Crippen molar-refractivity contribution in [2.45, 2.75) is 37.6 Å². The number of nitrogens with zero attached hydrogens (tertiary/aromatic N) is 3. The van der Waals surface area contributed by atoms with E-state index in [0.29, 0.717) is 13.0 Å². The quantitative estimate of drug-likeness (QED) is 0.897. The predicted molar refractivity (Wildman–Crippen MR) is 90.9 cm³/mol. The molecule has 2 aliphatic rings. The molecule has 0 unspecified atom stereocenters. The van der Waals surface area contributed by atoms with Gasteiger partial charge in [0, 0.05) is 19.2 Å². The lowest BCUT2D eigenvalue weighted by molar-refractivity contribution is -0.132. The van der Waals surface area contributed by atoms with Gasteiger partial charge in [-0.1, -0.05) is 6.07 Å². The van der Waals surface area contributed by atoms with Gasteiger partial charge in [0.15, 0.2) is 0 Å². The Morgan fingerprint density at radius 2 is 2.00 bits per heavy atom. The summed E-state index contributed by atoms with van der Waals surface area (Å²) in [5.41, 5.74) is 6.27. The first-order chi connectivity index (χ1) is 11.4. The fourth-order valence-corrected chi connectivity index (χ4v) is 4.41. The second-order valence-electron chi connectivity index (χ2n) is 7.53. The van der Waals surface area contributed by atoms with E-state index in [9.17, 15) is 9.59 Å². The molecule has 2 fully saturated rings. The maximum atomic E-state index is 12.2. The zero-order valence-corrected chi connectivity index (χ0v) is 14.5. The highest BCUT2D eigenvalue weighted by molar-refractivity contribution is 5.85. The van der Waals surface area contributed by atoms with Gasteiger partial charge in [-0.2, -0.15) is 0 Å². The molecule has 1 saturated carbocycles. The third-order valence-corrected chi connectivity index (χ3v) is 5.89. The van der Waals surface area contributed by atoms with Gasteiger partial charge in [-0.15, -0.1) is 0 Å². The Kier molecular flexibility index (Phi) is 4.34.